The number of halogens is 2. The molecule has 1 aliphatic heterocycles. The van der Waals surface area contributed by atoms with Crippen LogP contribution in [-0.2, 0) is 6.54 Å². The second-order valence-electron chi connectivity index (χ2n) is 9.25. The molecule has 2 aromatic carbocycles. The summed E-state index contributed by atoms with van der Waals surface area (Å²) >= 11 is 12.7. The van der Waals surface area contributed by atoms with E-state index in [-0.39, 0.29) is 5.91 Å². The lowest BCUT2D eigenvalue weighted by Gasteiger charge is -2.31. The Bertz CT molecular complexity index is 1150. The Morgan fingerprint density at radius 1 is 1.06 bits per heavy atom. The van der Waals surface area contributed by atoms with Crippen LogP contribution in [0.15, 0.2) is 48.5 Å². The molecule has 6 nitrogen and oxygen atoms in total. The van der Waals surface area contributed by atoms with Crippen LogP contribution in [0.3, 0.4) is 0 Å². The molecule has 0 radical (unpaired) electrons. The van der Waals surface area contributed by atoms with Crippen LogP contribution >= 0.6 is 23.2 Å². The van der Waals surface area contributed by atoms with Gasteiger partial charge in [0.15, 0.2) is 5.69 Å². The Morgan fingerprint density at radius 2 is 1.78 bits per heavy atom. The highest BCUT2D eigenvalue weighted by Gasteiger charge is 2.31. The van der Waals surface area contributed by atoms with Crippen molar-refractivity contribution in [2.45, 2.75) is 52.5 Å². The largest absolute Gasteiger partial charge is 0.439 e. The predicted molar refractivity (Wildman–Crippen MR) is 146 cm³/mol. The van der Waals surface area contributed by atoms with Crippen LogP contribution in [0, 0.1) is 5.92 Å². The molecular weight excluding hydrogens is 495 g/mol. The third kappa shape index (κ3) is 6.23. The maximum Gasteiger partial charge on any atom is 0.274 e. The number of rotatable bonds is 10. The number of likely N-dealkylation sites (tertiary alicyclic amines) is 1. The fraction of sp³-hybridized carbons (Fsp3) is 0.429. The minimum absolute atomic E-state index is 0.0648. The van der Waals surface area contributed by atoms with Crippen molar-refractivity contribution in [3.05, 3.63) is 69.8 Å². The van der Waals surface area contributed by atoms with Crippen molar-refractivity contribution in [2.75, 3.05) is 19.6 Å². The normalized spacial score (nSPS) is 14.3. The molecule has 1 N–H and O–H groups in total. The van der Waals surface area contributed by atoms with Gasteiger partial charge in [0.25, 0.3) is 5.91 Å². The Labute approximate surface area is 223 Å². The monoisotopic (exact) mass is 528 g/mol. The van der Waals surface area contributed by atoms with Crippen molar-refractivity contribution >= 4 is 29.1 Å². The fourth-order valence-corrected chi connectivity index (χ4v) is 4.99. The minimum Gasteiger partial charge on any atom is -0.439 e. The highest BCUT2D eigenvalue weighted by atomic mass is 35.5. The molecule has 0 spiro atoms. The van der Waals surface area contributed by atoms with Gasteiger partial charge in [-0.15, -0.1) is 0 Å². The van der Waals surface area contributed by atoms with Crippen molar-refractivity contribution < 1.29 is 9.53 Å². The molecule has 8 heteroatoms. The number of ether oxygens (including phenoxy) is 1. The van der Waals surface area contributed by atoms with E-state index in [1.54, 1.807) is 35.0 Å². The van der Waals surface area contributed by atoms with Crippen molar-refractivity contribution in [3.8, 4) is 17.3 Å². The Morgan fingerprint density at radius 3 is 2.44 bits per heavy atom. The van der Waals surface area contributed by atoms with E-state index >= 15 is 0 Å². The van der Waals surface area contributed by atoms with Gasteiger partial charge in [-0.05, 0) is 68.1 Å². The van der Waals surface area contributed by atoms with Gasteiger partial charge in [-0.25, -0.2) is 0 Å². The lowest BCUT2D eigenvalue weighted by molar-refractivity contribution is 0.0679. The second kappa shape index (κ2) is 12.6. The molecular formula is C28H34Cl2N4O2. The lowest BCUT2D eigenvalue weighted by Crippen LogP contribution is -2.39. The number of carbonyl (C=O) groups is 1. The Balaban J connectivity index is 1.76. The highest BCUT2D eigenvalue weighted by Crippen LogP contribution is 2.34. The van der Waals surface area contributed by atoms with Crippen molar-refractivity contribution in [3.63, 3.8) is 0 Å². The number of amides is 1. The number of nitrogens with zero attached hydrogens (tertiary/aromatic N) is 3. The summed E-state index contributed by atoms with van der Waals surface area (Å²) in [6.07, 6.45) is 5.43. The summed E-state index contributed by atoms with van der Waals surface area (Å²) in [6, 6.07) is 14.6. The van der Waals surface area contributed by atoms with Gasteiger partial charge < -0.3 is 15.0 Å². The molecule has 192 valence electrons. The molecule has 1 aliphatic rings. The minimum atomic E-state index is -0.0648. The first-order valence-electron chi connectivity index (χ1n) is 12.8. The topological polar surface area (TPSA) is 59.4 Å². The fourth-order valence-electron chi connectivity index (χ4n) is 4.64. The van der Waals surface area contributed by atoms with E-state index in [0.29, 0.717) is 45.5 Å². The molecule has 1 amide bonds. The van der Waals surface area contributed by atoms with Gasteiger partial charge >= 0.3 is 0 Å². The molecule has 36 heavy (non-hydrogen) atoms. The van der Waals surface area contributed by atoms with Crippen LogP contribution in [0.25, 0.3) is 5.69 Å². The molecule has 3 aromatic rings. The predicted octanol–water partition coefficient (Wildman–Crippen LogP) is 7.12. The summed E-state index contributed by atoms with van der Waals surface area (Å²) < 4.78 is 8.03. The van der Waals surface area contributed by atoms with E-state index in [9.17, 15) is 4.79 Å². The molecule has 1 fully saturated rings. The van der Waals surface area contributed by atoms with E-state index in [2.05, 4.69) is 19.2 Å². The molecule has 0 atom stereocenters. The smallest absolute Gasteiger partial charge is 0.274 e. The maximum atomic E-state index is 13.8. The van der Waals surface area contributed by atoms with E-state index in [0.717, 1.165) is 44.5 Å². The molecule has 0 saturated carbocycles. The number of benzene rings is 2. The number of hydrogen-bond acceptors (Lipinski definition) is 4. The average molecular weight is 530 g/mol. The SMILES string of the molecule is CCCNCc1c(C(=O)N2CCC(CCC)CC2)nn(-c2ccccc2Cl)c1Oc1ccc(Cl)cc1. The number of aromatic nitrogens is 2. The zero-order valence-corrected chi connectivity index (χ0v) is 22.5. The van der Waals surface area contributed by atoms with Gasteiger partial charge in [0.05, 0.1) is 16.3 Å². The number of piperidine rings is 1. The van der Waals surface area contributed by atoms with Crippen molar-refractivity contribution in [1.82, 2.24) is 20.0 Å². The van der Waals surface area contributed by atoms with Gasteiger partial charge in [0.1, 0.15) is 5.75 Å². The third-order valence-electron chi connectivity index (χ3n) is 6.57. The lowest BCUT2D eigenvalue weighted by atomic mass is 9.92. The van der Waals surface area contributed by atoms with Crippen molar-refractivity contribution in [1.29, 1.82) is 0 Å². The summed E-state index contributed by atoms with van der Waals surface area (Å²) in [5, 5.41) is 9.39. The van der Waals surface area contributed by atoms with E-state index in [4.69, 9.17) is 33.0 Å². The van der Waals surface area contributed by atoms with Crippen LogP contribution in [0.4, 0.5) is 0 Å². The molecule has 0 unspecified atom stereocenters. The maximum absolute atomic E-state index is 13.8. The van der Waals surface area contributed by atoms with Crippen LogP contribution < -0.4 is 10.1 Å². The first-order valence-corrected chi connectivity index (χ1v) is 13.6. The van der Waals surface area contributed by atoms with Crippen molar-refractivity contribution in [2.24, 2.45) is 5.92 Å². The molecule has 2 heterocycles. The summed E-state index contributed by atoms with van der Waals surface area (Å²) in [6.45, 7) is 7.09. The summed E-state index contributed by atoms with van der Waals surface area (Å²) in [4.78, 5) is 15.7. The highest BCUT2D eigenvalue weighted by molar-refractivity contribution is 6.32. The molecule has 1 aromatic heterocycles. The average Bonchev–Trinajstić information content (AvgIpc) is 3.23. The zero-order valence-electron chi connectivity index (χ0n) is 21.0. The van der Waals surface area contributed by atoms with E-state index < -0.39 is 0 Å². The summed E-state index contributed by atoms with van der Waals surface area (Å²) in [5.41, 5.74) is 1.77. The number of nitrogens with one attached hydrogen (secondary N) is 1. The van der Waals surface area contributed by atoms with Crippen LogP contribution in [-0.4, -0.2) is 40.2 Å². The van der Waals surface area contributed by atoms with Gasteiger partial charge in [-0.2, -0.15) is 9.78 Å². The van der Waals surface area contributed by atoms with Gasteiger partial charge in [-0.1, -0.05) is 62.0 Å². The Hall–Kier alpha value is -2.54. The first kappa shape index (κ1) is 26.5. The summed E-state index contributed by atoms with van der Waals surface area (Å²) in [5.74, 6) is 1.70. The number of hydrogen-bond donors (Lipinski definition) is 1. The molecule has 4 rings (SSSR count). The number of para-hydroxylation sites is 1. The molecule has 1 saturated heterocycles. The second-order valence-corrected chi connectivity index (χ2v) is 10.1. The van der Waals surface area contributed by atoms with Crippen LogP contribution in [0.5, 0.6) is 11.6 Å². The van der Waals surface area contributed by atoms with E-state index in [1.807, 2.05) is 23.1 Å². The van der Waals surface area contributed by atoms with Crippen LogP contribution in [0.2, 0.25) is 10.0 Å². The van der Waals surface area contributed by atoms with Crippen LogP contribution in [0.1, 0.15) is 62.0 Å². The quantitative estimate of drug-likeness (QED) is 0.284. The zero-order chi connectivity index (χ0) is 25.5. The van der Waals surface area contributed by atoms with Gasteiger partial charge in [0, 0.05) is 24.7 Å². The van der Waals surface area contributed by atoms with Gasteiger partial charge in [-0.3, -0.25) is 4.79 Å². The van der Waals surface area contributed by atoms with Gasteiger partial charge in [0.2, 0.25) is 5.88 Å². The summed E-state index contributed by atoms with van der Waals surface area (Å²) in [7, 11) is 0. The molecule has 0 aliphatic carbocycles. The number of carbonyl (C=O) groups excluding carboxylic acids is 1. The third-order valence-corrected chi connectivity index (χ3v) is 7.15. The standard InChI is InChI=1S/C28H34Cl2N4O2/c1-3-7-20-14-17-33(18-15-20)27(35)26-23(19-31-16-4-2)28(36-22-12-10-21(29)11-13-22)34(32-26)25-9-6-5-8-24(25)30/h5-6,8-13,20,31H,3-4,7,14-19H2,1-2H3. The molecule has 0 bridgehead atoms. The first-order chi connectivity index (χ1) is 17.5. The van der Waals surface area contributed by atoms with E-state index in [1.165, 1.54) is 12.8 Å². The Kier molecular flexibility index (Phi) is 9.30.